The van der Waals surface area contributed by atoms with Crippen LogP contribution in [0, 0.1) is 0 Å². The number of nitrogens with zero attached hydrogens (tertiary/aromatic N) is 1. The van der Waals surface area contributed by atoms with Crippen molar-refractivity contribution in [2.75, 3.05) is 17.2 Å². The van der Waals surface area contributed by atoms with E-state index in [1.165, 1.54) is 24.3 Å². The number of rotatable bonds is 2. The minimum absolute atomic E-state index is 0.0467. The van der Waals surface area contributed by atoms with Gasteiger partial charge in [0.1, 0.15) is 0 Å². The molecule has 1 aromatic carbocycles. The van der Waals surface area contributed by atoms with E-state index in [-0.39, 0.29) is 5.69 Å². The van der Waals surface area contributed by atoms with Crippen molar-refractivity contribution in [3.05, 3.63) is 35.4 Å². The van der Waals surface area contributed by atoms with Crippen LogP contribution in [0.1, 0.15) is 5.56 Å². The molecule has 8 heteroatoms. The normalized spacial score (nSPS) is 19.6. The van der Waals surface area contributed by atoms with Crippen LogP contribution in [-0.4, -0.2) is 38.6 Å². The Labute approximate surface area is 114 Å². The van der Waals surface area contributed by atoms with Gasteiger partial charge in [0.05, 0.1) is 18.6 Å². The van der Waals surface area contributed by atoms with E-state index in [1.54, 1.807) is 6.07 Å². The van der Waals surface area contributed by atoms with Crippen molar-refractivity contribution in [3.8, 4) is 0 Å². The first-order valence-electron chi connectivity index (χ1n) is 5.62. The van der Waals surface area contributed by atoms with E-state index in [2.05, 4.69) is 0 Å². The molecule has 1 N–H and O–H groups in total. The molecule has 0 unspecified atom stereocenters. The van der Waals surface area contributed by atoms with Gasteiger partial charge in [-0.05, 0) is 23.3 Å². The molecule has 0 spiro atoms. The zero-order chi connectivity index (χ0) is 15.1. The van der Waals surface area contributed by atoms with Crippen molar-refractivity contribution < 1.29 is 26.7 Å². The minimum Gasteiger partial charge on any atom is -0.392 e. The molecule has 0 radical (unpaired) electrons. The Balaban J connectivity index is 2.74. The van der Waals surface area contributed by atoms with Crippen LogP contribution < -0.4 is 4.31 Å². The summed E-state index contributed by atoms with van der Waals surface area (Å²) in [5.74, 6) is 0. The molecule has 0 aliphatic carbocycles. The molecule has 0 bridgehead atoms. The molecule has 0 saturated carbocycles. The van der Waals surface area contributed by atoms with Gasteiger partial charge in [-0.1, -0.05) is 18.2 Å². The summed E-state index contributed by atoms with van der Waals surface area (Å²) in [6.07, 6.45) is -2.93. The second-order valence-corrected chi connectivity index (χ2v) is 6.30. The lowest BCUT2D eigenvalue weighted by molar-refractivity contribution is -0.138. The maximum atomic E-state index is 13.2. The highest BCUT2D eigenvalue weighted by atomic mass is 32.2. The van der Waals surface area contributed by atoms with Gasteiger partial charge in [0.2, 0.25) is 10.0 Å². The van der Waals surface area contributed by atoms with Crippen molar-refractivity contribution >= 4 is 21.8 Å². The van der Waals surface area contributed by atoms with E-state index in [1.807, 2.05) is 0 Å². The van der Waals surface area contributed by atoms with E-state index >= 15 is 0 Å². The average Bonchev–Trinajstić information content (AvgIpc) is 2.34. The number of para-hydroxylation sites is 1. The topological polar surface area (TPSA) is 57.6 Å². The standard InChI is InChI=1S/C12H12F3NO3S/c1-20(18,19)16-10-5-3-2-4-8(10)6-9(7-17)11(16)12(13,14)15/h2-6,11,17H,7H2,1H3/t11-/m0/s1. The average molecular weight is 307 g/mol. The highest BCUT2D eigenvalue weighted by molar-refractivity contribution is 7.92. The Bertz CT molecular complexity index is 652. The van der Waals surface area contributed by atoms with Gasteiger partial charge >= 0.3 is 6.18 Å². The molecule has 110 valence electrons. The molecule has 0 fully saturated rings. The number of hydrogen-bond acceptors (Lipinski definition) is 3. The first-order valence-corrected chi connectivity index (χ1v) is 7.47. The highest BCUT2D eigenvalue weighted by Gasteiger charge is 2.50. The van der Waals surface area contributed by atoms with Crippen LogP contribution in [0.4, 0.5) is 18.9 Å². The van der Waals surface area contributed by atoms with Gasteiger partial charge in [0, 0.05) is 0 Å². The van der Waals surface area contributed by atoms with Gasteiger partial charge in [0.15, 0.2) is 6.04 Å². The molecular formula is C12H12F3NO3S. The first kappa shape index (κ1) is 14.9. The van der Waals surface area contributed by atoms with Crippen LogP contribution in [0.2, 0.25) is 0 Å². The Morgan fingerprint density at radius 2 is 1.90 bits per heavy atom. The largest absolute Gasteiger partial charge is 0.413 e. The molecule has 4 nitrogen and oxygen atoms in total. The lowest BCUT2D eigenvalue weighted by Crippen LogP contribution is -2.52. The number of benzene rings is 1. The molecule has 2 rings (SSSR count). The lowest BCUT2D eigenvalue weighted by Gasteiger charge is -2.37. The summed E-state index contributed by atoms with van der Waals surface area (Å²) < 4.78 is 63.5. The van der Waals surface area contributed by atoms with Gasteiger partial charge in [-0.15, -0.1) is 0 Å². The van der Waals surface area contributed by atoms with Crippen molar-refractivity contribution in [2.24, 2.45) is 0 Å². The molecular weight excluding hydrogens is 295 g/mol. The Morgan fingerprint density at radius 3 is 2.40 bits per heavy atom. The molecule has 0 amide bonds. The number of sulfonamides is 1. The maximum absolute atomic E-state index is 13.2. The summed E-state index contributed by atoms with van der Waals surface area (Å²) in [5.41, 5.74) is -0.126. The Kier molecular flexibility index (Phi) is 3.55. The fourth-order valence-electron chi connectivity index (χ4n) is 2.22. The van der Waals surface area contributed by atoms with Gasteiger partial charge < -0.3 is 5.11 Å². The Hall–Kier alpha value is -1.54. The van der Waals surface area contributed by atoms with Crippen molar-refractivity contribution in [2.45, 2.75) is 12.2 Å². The summed E-state index contributed by atoms with van der Waals surface area (Å²) in [5, 5.41) is 9.14. The summed E-state index contributed by atoms with van der Waals surface area (Å²) in [4.78, 5) is 0. The molecule has 0 saturated heterocycles. The highest BCUT2D eigenvalue weighted by Crippen LogP contribution is 2.41. The third kappa shape index (κ3) is 2.53. The van der Waals surface area contributed by atoms with Gasteiger partial charge in [-0.3, -0.25) is 4.31 Å². The second kappa shape index (κ2) is 4.78. The van der Waals surface area contributed by atoms with Gasteiger partial charge in [-0.25, -0.2) is 8.42 Å². The number of aliphatic hydroxyl groups is 1. The van der Waals surface area contributed by atoms with Crippen LogP contribution >= 0.6 is 0 Å². The number of aliphatic hydroxyl groups excluding tert-OH is 1. The van der Waals surface area contributed by atoms with E-state index < -0.39 is 34.4 Å². The van der Waals surface area contributed by atoms with Crippen LogP contribution in [0.3, 0.4) is 0 Å². The molecule has 0 aromatic heterocycles. The summed E-state index contributed by atoms with van der Waals surface area (Å²) in [7, 11) is -4.15. The van der Waals surface area contributed by atoms with Crippen molar-refractivity contribution in [1.29, 1.82) is 0 Å². The van der Waals surface area contributed by atoms with E-state index in [9.17, 15) is 21.6 Å². The molecule has 1 heterocycles. The smallest absolute Gasteiger partial charge is 0.392 e. The predicted octanol–water partition coefficient (Wildman–Crippen LogP) is 1.77. The number of anilines is 1. The fraction of sp³-hybridized carbons (Fsp3) is 0.333. The van der Waals surface area contributed by atoms with Crippen molar-refractivity contribution in [1.82, 2.24) is 0 Å². The van der Waals surface area contributed by atoms with Crippen LogP contribution in [0.15, 0.2) is 29.8 Å². The third-order valence-corrected chi connectivity index (χ3v) is 4.07. The van der Waals surface area contributed by atoms with Gasteiger partial charge in [-0.2, -0.15) is 13.2 Å². The maximum Gasteiger partial charge on any atom is 0.413 e. The second-order valence-electron chi connectivity index (χ2n) is 4.44. The SMILES string of the molecule is CS(=O)(=O)N1c2ccccc2C=C(CO)[C@H]1C(F)(F)F. The summed E-state index contributed by atoms with van der Waals surface area (Å²) in [6, 6.07) is 3.47. The number of hydrogen-bond donors (Lipinski definition) is 1. The van der Waals surface area contributed by atoms with Crippen LogP contribution in [-0.2, 0) is 10.0 Å². The van der Waals surface area contributed by atoms with E-state index in [0.717, 1.165) is 0 Å². The molecule has 1 atom stereocenters. The molecule has 1 aliphatic rings. The van der Waals surface area contributed by atoms with Crippen molar-refractivity contribution in [3.63, 3.8) is 0 Å². The predicted molar refractivity (Wildman–Crippen MR) is 68.7 cm³/mol. The molecule has 1 aliphatic heterocycles. The van der Waals surface area contributed by atoms with Crippen LogP contribution in [0.5, 0.6) is 0 Å². The summed E-state index contributed by atoms with van der Waals surface area (Å²) >= 11 is 0. The minimum atomic E-state index is -4.81. The number of halogens is 3. The number of alkyl halides is 3. The Morgan fingerprint density at radius 1 is 1.30 bits per heavy atom. The fourth-order valence-corrected chi connectivity index (χ4v) is 3.39. The number of fused-ring (bicyclic) bond motifs is 1. The summed E-state index contributed by atoms with van der Waals surface area (Å²) in [6.45, 7) is -0.871. The van der Waals surface area contributed by atoms with E-state index in [0.29, 0.717) is 16.1 Å². The quantitative estimate of drug-likeness (QED) is 0.906. The lowest BCUT2D eigenvalue weighted by atomic mass is 9.97. The monoisotopic (exact) mass is 307 g/mol. The van der Waals surface area contributed by atoms with Gasteiger partial charge in [0.25, 0.3) is 0 Å². The molecule has 1 aromatic rings. The molecule has 20 heavy (non-hydrogen) atoms. The third-order valence-electron chi connectivity index (χ3n) is 2.95. The zero-order valence-corrected chi connectivity index (χ0v) is 11.2. The first-order chi connectivity index (χ1) is 9.16. The zero-order valence-electron chi connectivity index (χ0n) is 10.4. The van der Waals surface area contributed by atoms with Crippen LogP contribution in [0.25, 0.3) is 6.08 Å². The van der Waals surface area contributed by atoms with E-state index in [4.69, 9.17) is 5.11 Å².